The van der Waals surface area contributed by atoms with Crippen molar-refractivity contribution >= 4 is 22.4 Å². The zero-order chi connectivity index (χ0) is 14.8. The van der Waals surface area contributed by atoms with Gasteiger partial charge in [-0.05, 0) is 35.6 Å². The van der Waals surface area contributed by atoms with Crippen molar-refractivity contribution in [3.05, 3.63) is 76.8 Å². The second-order valence-corrected chi connectivity index (χ2v) is 5.38. The number of pyridine rings is 1. The van der Waals surface area contributed by atoms with Gasteiger partial charge >= 0.3 is 0 Å². The van der Waals surface area contributed by atoms with Gasteiger partial charge in [0.1, 0.15) is 5.82 Å². The highest BCUT2D eigenvalue weighted by Gasteiger charge is 2.13. The molecule has 0 aliphatic carbocycles. The predicted molar refractivity (Wildman–Crippen MR) is 83.8 cm³/mol. The average Bonchev–Trinajstić information content (AvgIpc) is 2.50. The molecule has 3 rings (SSSR count). The fourth-order valence-corrected chi connectivity index (χ4v) is 2.66. The first-order valence-electron chi connectivity index (χ1n) is 6.68. The number of fused-ring (bicyclic) bond motifs is 1. The maximum Gasteiger partial charge on any atom is 0.141 e. The van der Waals surface area contributed by atoms with Crippen molar-refractivity contribution in [1.29, 1.82) is 0 Å². The fraction of sp³-hybridized carbons (Fsp3) is 0.118. The van der Waals surface area contributed by atoms with Gasteiger partial charge < -0.3 is 5.73 Å². The van der Waals surface area contributed by atoms with Crippen molar-refractivity contribution in [2.75, 3.05) is 0 Å². The minimum atomic E-state index is -0.419. The Kier molecular flexibility index (Phi) is 3.86. The van der Waals surface area contributed by atoms with Gasteiger partial charge in [0.2, 0.25) is 0 Å². The molecular formula is C17H14ClFN2. The number of halogens is 2. The van der Waals surface area contributed by atoms with Crippen LogP contribution < -0.4 is 5.73 Å². The van der Waals surface area contributed by atoms with Gasteiger partial charge in [0, 0.05) is 11.6 Å². The largest absolute Gasteiger partial charge is 0.322 e. The van der Waals surface area contributed by atoms with Gasteiger partial charge in [0.25, 0.3) is 0 Å². The summed E-state index contributed by atoms with van der Waals surface area (Å²) in [6.45, 7) is 0. The molecule has 0 aliphatic heterocycles. The zero-order valence-electron chi connectivity index (χ0n) is 11.3. The Hall–Kier alpha value is -1.97. The Bertz CT molecular complexity index is 783. The van der Waals surface area contributed by atoms with E-state index in [0.717, 1.165) is 22.0 Å². The molecule has 106 valence electrons. The zero-order valence-corrected chi connectivity index (χ0v) is 12.0. The molecule has 0 bridgehead atoms. The molecule has 0 aliphatic rings. The molecule has 1 atom stereocenters. The van der Waals surface area contributed by atoms with Gasteiger partial charge in [0.15, 0.2) is 0 Å². The molecule has 0 saturated heterocycles. The van der Waals surface area contributed by atoms with Crippen molar-refractivity contribution in [3.63, 3.8) is 0 Å². The van der Waals surface area contributed by atoms with E-state index >= 15 is 0 Å². The van der Waals surface area contributed by atoms with Crippen molar-refractivity contribution in [1.82, 2.24) is 4.98 Å². The third-order valence-corrected chi connectivity index (χ3v) is 3.78. The van der Waals surface area contributed by atoms with Crippen LogP contribution in [-0.4, -0.2) is 4.98 Å². The first kappa shape index (κ1) is 14.0. The van der Waals surface area contributed by atoms with Crippen molar-refractivity contribution in [3.8, 4) is 0 Å². The van der Waals surface area contributed by atoms with E-state index in [1.807, 2.05) is 30.3 Å². The second kappa shape index (κ2) is 5.80. The normalized spacial score (nSPS) is 12.5. The van der Waals surface area contributed by atoms with Crippen LogP contribution in [0.4, 0.5) is 4.39 Å². The van der Waals surface area contributed by atoms with Crippen LogP contribution in [0.1, 0.15) is 17.3 Å². The van der Waals surface area contributed by atoms with E-state index in [-0.39, 0.29) is 11.1 Å². The van der Waals surface area contributed by atoms with Gasteiger partial charge in [-0.15, -0.1) is 0 Å². The van der Waals surface area contributed by atoms with Crippen LogP contribution in [0.15, 0.2) is 54.7 Å². The maximum absolute atomic E-state index is 13.2. The lowest BCUT2D eigenvalue weighted by Gasteiger charge is -2.14. The van der Waals surface area contributed by atoms with E-state index in [1.165, 1.54) is 6.07 Å². The van der Waals surface area contributed by atoms with Crippen LogP contribution in [-0.2, 0) is 6.42 Å². The minimum Gasteiger partial charge on any atom is -0.322 e. The molecule has 1 unspecified atom stereocenters. The fourth-order valence-electron chi connectivity index (χ4n) is 2.46. The number of rotatable bonds is 3. The van der Waals surface area contributed by atoms with Crippen LogP contribution in [0, 0.1) is 5.82 Å². The molecule has 1 aromatic heterocycles. The highest BCUT2D eigenvalue weighted by Crippen LogP contribution is 2.24. The number of hydrogen-bond donors (Lipinski definition) is 1. The molecule has 1 heterocycles. The summed E-state index contributed by atoms with van der Waals surface area (Å²) in [5.74, 6) is -0.419. The van der Waals surface area contributed by atoms with Gasteiger partial charge in [-0.2, -0.15) is 0 Å². The quantitative estimate of drug-likeness (QED) is 0.784. The Labute approximate surface area is 127 Å². The SMILES string of the molecule is NC(Cc1ccc(F)c(Cl)c1)c1nccc2ccccc12. The Morgan fingerprint density at radius 2 is 1.95 bits per heavy atom. The summed E-state index contributed by atoms with van der Waals surface area (Å²) in [5.41, 5.74) is 8.02. The lowest BCUT2D eigenvalue weighted by Crippen LogP contribution is -2.15. The third kappa shape index (κ3) is 2.89. The molecule has 3 aromatic rings. The summed E-state index contributed by atoms with van der Waals surface area (Å²) >= 11 is 5.81. The standard InChI is InChI=1S/C17H14ClFN2/c18-14-9-11(5-6-15(14)19)10-16(20)17-13-4-2-1-3-12(13)7-8-21-17/h1-9,16H,10,20H2. The second-order valence-electron chi connectivity index (χ2n) is 4.98. The average molecular weight is 301 g/mol. The van der Waals surface area contributed by atoms with E-state index in [4.69, 9.17) is 17.3 Å². The molecule has 0 saturated carbocycles. The van der Waals surface area contributed by atoms with E-state index in [9.17, 15) is 4.39 Å². The van der Waals surface area contributed by atoms with Crippen LogP contribution in [0.25, 0.3) is 10.8 Å². The number of hydrogen-bond acceptors (Lipinski definition) is 2. The Morgan fingerprint density at radius 3 is 2.76 bits per heavy atom. The Morgan fingerprint density at radius 1 is 1.14 bits per heavy atom. The van der Waals surface area contributed by atoms with Crippen molar-refractivity contribution in [2.24, 2.45) is 5.73 Å². The van der Waals surface area contributed by atoms with Crippen LogP contribution >= 0.6 is 11.6 Å². The molecule has 21 heavy (non-hydrogen) atoms. The lowest BCUT2D eigenvalue weighted by atomic mass is 9.99. The summed E-state index contributed by atoms with van der Waals surface area (Å²) < 4.78 is 13.2. The molecule has 0 amide bonds. The van der Waals surface area contributed by atoms with Gasteiger partial charge in [-0.25, -0.2) is 4.39 Å². The number of nitrogens with zero attached hydrogens (tertiary/aromatic N) is 1. The highest BCUT2D eigenvalue weighted by atomic mass is 35.5. The maximum atomic E-state index is 13.2. The summed E-state index contributed by atoms with van der Waals surface area (Å²) in [7, 11) is 0. The Balaban J connectivity index is 1.93. The molecule has 0 radical (unpaired) electrons. The number of nitrogens with two attached hydrogens (primary N) is 1. The van der Waals surface area contributed by atoms with E-state index in [2.05, 4.69) is 4.98 Å². The van der Waals surface area contributed by atoms with E-state index < -0.39 is 5.82 Å². The van der Waals surface area contributed by atoms with E-state index in [1.54, 1.807) is 18.3 Å². The lowest BCUT2D eigenvalue weighted by molar-refractivity contribution is 0.625. The molecule has 2 nitrogen and oxygen atoms in total. The molecule has 4 heteroatoms. The summed E-state index contributed by atoms with van der Waals surface area (Å²) in [6.07, 6.45) is 2.32. The highest BCUT2D eigenvalue weighted by molar-refractivity contribution is 6.30. The first-order chi connectivity index (χ1) is 10.1. The summed E-state index contributed by atoms with van der Waals surface area (Å²) in [6, 6.07) is 14.4. The van der Waals surface area contributed by atoms with Crippen LogP contribution in [0.5, 0.6) is 0 Å². The van der Waals surface area contributed by atoms with Crippen LogP contribution in [0.2, 0.25) is 5.02 Å². The van der Waals surface area contributed by atoms with Crippen LogP contribution in [0.3, 0.4) is 0 Å². The van der Waals surface area contributed by atoms with Gasteiger partial charge in [0.05, 0.1) is 16.8 Å². The smallest absolute Gasteiger partial charge is 0.141 e. The molecule has 0 fully saturated rings. The first-order valence-corrected chi connectivity index (χ1v) is 7.06. The molecular weight excluding hydrogens is 287 g/mol. The molecule has 2 aromatic carbocycles. The predicted octanol–water partition coefficient (Wildman–Crippen LogP) is 4.27. The van der Waals surface area contributed by atoms with Crippen molar-refractivity contribution < 1.29 is 4.39 Å². The van der Waals surface area contributed by atoms with Crippen molar-refractivity contribution in [2.45, 2.75) is 12.5 Å². The van der Waals surface area contributed by atoms with Gasteiger partial charge in [-0.3, -0.25) is 4.98 Å². The number of benzene rings is 2. The summed E-state index contributed by atoms with van der Waals surface area (Å²) in [5, 5.41) is 2.27. The molecule has 0 spiro atoms. The van der Waals surface area contributed by atoms with E-state index in [0.29, 0.717) is 6.42 Å². The molecule has 2 N–H and O–H groups in total. The monoisotopic (exact) mass is 300 g/mol. The minimum absolute atomic E-state index is 0.116. The van der Waals surface area contributed by atoms with Gasteiger partial charge in [-0.1, -0.05) is 41.9 Å². The number of aromatic nitrogens is 1. The topological polar surface area (TPSA) is 38.9 Å². The third-order valence-electron chi connectivity index (χ3n) is 3.50. The summed E-state index contributed by atoms with van der Waals surface area (Å²) in [4.78, 5) is 4.41.